The van der Waals surface area contributed by atoms with Crippen LogP contribution in [0.5, 0.6) is 5.75 Å². The molecular formula is C21H23NO3. The number of benzene rings is 2. The zero-order valence-corrected chi connectivity index (χ0v) is 14.6. The molecule has 0 aliphatic rings. The van der Waals surface area contributed by atoms with E-state index in [-0.39, 0.29) is 5.75 Å². The molecule has 4 nitrogen and oxygen atoms in total. The lowest BCUT2D eigenvalue weighted by molar-refractivity contribution is 0.468. The van der Waals surface area contributed by atoms with Crippen LogP contribution in [-0.2, 0) is 6.54 Å². The SMILES string of the molecule is CC[C@@H](CNCc1cc(=O)oc2c(C)c(O)ccc12)c1ccccc1. The normalized spacial score (nSPS) is 12.4. The summed E-state index contributed by atoms with van der Waals surface area (Å²) in [4.78, 5) is 11.9. The highest BCUT2D eigenvalue weighted by atomic mass is 16.4. The molecule has 0 amide bonds. The first-order valence-electron chi connectivity index (χ1n) is 8.61. The van der Waals surface area contributed by atoms with Gasteiger partial charge < -0.3 is 14.8 Å². The summed E-state index contributed by atoms with van der Waals surface area (Å²) in [6.45, 7) is 5.34. The minimum absolute atomic E-state index is 0.135. The first-order valence-corrected chi connectivity index (χ1v) is 8.61. The van der Waals surface area contributed by atoms with E-state index in [1.165, 1.54) is 11.6 Å². The largest absolute Gasteiger partial charge is 0.508 e. The van der Waals surface area contributed by atoms with Gasteiger partial charge >= 0.3 is 5.63 Å². The average molecular weight is 337 g/mol. The van der Waals surface area contributed by atoms with Crippen molar-refractivity contribution in [2.45, 2.75) is 32.7 Å². The summed E-state index contributed by atoms with van der Waals surface area (Å²) < 4.78 is 5.29. The van der Waals surface area contributed by atoms with Gasteiger partial charge in [-0.3, -0.25) is 0 Å². The Morgan fingerprint density at radius 2 is 1.92 bits per heavy atom. The number of rotatable bonds is 6. The standard InChI is InChI=1S/C21H23NO3/c1-3-15(16-7-5-4-6-8-16)12-22-13-17-11-20(24)25-21-14(2)19(23)10-9-18(17)21/h4-11,15,22-23H,3,12-13H2,1-2H3/t15-/m0/s1. The highest BCUT2D eigenvalue weighted by Gasteiger charge is 2.12. The molecule has 2 N–H and O–H groups in total. The lowest BCUT2D eigenvalue weighted by Crippen LogP contribution is -2.21. The molecule has 2 aromatic carbocycles. The summed E-state index contributed by atoms with van der Waals surface area (Å²) in [6.07, 6.45) is 1.04. The number of hydrogen-bond donors (Lipinski definition) is 2. The fraction of sp³-hybridized carbons (Fsp3) is 0.286. The third kappa shape index (κ3) is 3.74. The van der Waals surface area contributed by atoms with Crippen LogP contribution >= 0.6 is 0 Å². The summed E-state index contributed by atoms with van der Waals surface area (Å²) >= 11 is 0. The average Bonchev–Trinajstić information content (AvgIpc) is 2.63. The summed E-state index contributed by atoms with van der Waals surface area (Å²) in [5.74, 6) is 0.564. The smallest absolute Gasteiger partial charge is 0.336 e. The molecule has 1 aromatic heterocycles. The van der Waals surface area contributed by atoms with Crippen molar-refractivity contribution in [2.75, 3.05) is 6.54 Å². The van der Waals surface area contributed by atoms with Gasteiger partial charge in [0.1, 0.15) is 11.3 Å². The van der Waals surface area contributed by atoms with E-state index in [0.717, 1.165) is 23.9 Å². The van der Waals surface area contributed by atoms with Crippen molar-refractivity contribution < 1.29 is 9.52 Å². The van der Waals surface area contributed by atoms with E-state index in [2.05, 4.69) is 36.5 Å². The van der Waals surface area contributed by atoms with Crippen LogP contribution in [0.2, 0.25) is 0 Å². The van der Waals surface area contributed by atoms with Crippen LogP contribution in [0.25, 0.3) is 11.0 Å². The summed E-state index contributed by atoms with van der Waals surface area (Å²) in [7, 11) is 0. The second-order valence-electron chi connectivity index (χ2n) is 6.32. The molecule has 0 fully saturated rings. The zero-order chi connectivity index (χ0) is 17.8. The maximum atomic E-state index is 11.9. The summed E-state index contributed by atoms with van der Waals surface area (Å²) in [5, 5.41) is 14.1. The van der Waals surface area contributed by atoms with Crippen LogP contribution in [0, 0.1) is 6.92 Å². The van der Waals surface area contributed by atoms with E-state index in [0.29, 0.717) is 23.6 Å². The van der Waals surface area contributed by atoms with Crippen molar-refractivity contribution in [3.63, 3.8) is 0 Å². The summed E-state index contributed by atoms with van der Waals surface area (Å²) in [5.41, 5.74) is 2.85. The Hall–Kier alpha value is -2.59. The number of aromatic hydroxyl groups is 1. The highest BCUT2D eigenvalue weighted by Crippen LogP contribution is 2.27. The molecular weight excluding hydrogens is 314 g/mol. The van der Waals surface area contributed by atoms with Gasteiger partial charge in [0, 0.05) is 30.1 Å². The van der Waals surface area contributed by atoms with Gasteiger partial charge in [-0.15, -0.1) is 0 Å². The molecule has 0 radical (unpaired) electrons. The van der Waals surface area contributed by atoms with Crippen molar-refractivity contribution >= 4 is 11.0 Å². The lowest BCUT2D eigenvalue weighted by atomic mass is 9.96. The Morgan fingerprint density at radius 3 is 2.64 bits per heavy atom. The van der Waals surface area contributed by atoms with E-state index < -0.39 is 5.63 Å². The Bertz CT molecular complexity index is 916. The van der Waals surface area contributed by atoms with Gasteiger partial charge in [0.2, 0.25) is 0 Å². The van der Waals surface area contributed by atoms with Gasteiger partial charge in [0.05, 0.1) is 0 Å². The first-order chi connectivity index (χ1) is 12.1. The van der Waals surface area contributed by atoms with Gasteiger partial charge in [0.25, 0.3) is 0 Å². The number of aryl methyl sites for hydroxylation is 1. The topological polar surface area (TPSA) is 62.5 Å². The molecule has 0 aliphatic heterocycles. The molecule has 25 heavy (non-hydrogen) atoms. The third-order valence-corrected chi connectivity index (χ3v) is 4.69. The Labute approximate surface area is 147 Å². The fourth-order valence-electron chi connectivity index (χ4n) is 3.17. The van der Waals surface area contributed by atoms with Gasteiger partial charge in [-0.2, -0.15) is 0 Å². The van der Waals surface area contributed by atoms with Crippen LogP contribution in [0.3, 0.4) is 0 Å². The minimum Gasteiger partial charge on any atom is -0.508 e. The molecule has 0 saturated heterocycles. The molecule has 0 bridgehead atoms. The molecule has 0 saturated carbocycles. The lowest BCUT2D eigenvalue weighted by Gasteiger charge is -2.17. The number of nitrogens with one attached hydrogen (secondary N) is 1. The second-order valence-corrected chi connectivity index (χ2v) is 6.32. The van der Waals surface area contributed by atoms with Crippen LogP contribution < -0.4 is 10.9 Å². The molecule has 4 heteroatoms. The molecule has 3 aromatic rings. The maximum absolute atomic E-state index is 11.9. The fourth-order valence-corrected chi connectivity index (χ4v) is 3.17. The van der Waals surface area contributed by atoms with Crippen LogP contribution in [0.1, 0.15) is 36.0 Å². The van der Waals surface area contributed by atoms with Crippen LogP contribution in [-0.4, -0.2) is 11.7 Å². The van der Waals surface area contributed by atoms with Crippen molar-refractivity contribution in [3.8, 4) is 5.75 Å². The second kappa shape index (κ2) is 7.53. The number of phenols is 1. The highest BCUT2D eigenvalue weighted by molar-refractivity contribution is 5.84. The van der Waals surface area contributed by atoms with E-state index >= 15 is 0 Å². The molecule has 0 unspecified atom stereocenters. The van der Waals surface area contributed by atoms with Gasteiger partial charge in [0.15, 0.2) is 0 Å². The number of phenolic OH excluding ortho intramolecular Hbond substituents is 1. The summed E-state index contributed by atoms with van der Waals surface area (Å²) in [6, 6.07) is 15.4. The van der Waals surface area contributed by atoms with E-state index in [9.17, 15) is 9.90 Å². The third-order valence-electron chi connectivity index (χ3n) is 4.69. The van der Waals surface area contributed by atoms with E-state index in [1.807, 2.05) is 6.07 Å². The van der Waals surface area contributed by atoms with E-state index in [4.69, 9.17) is 4.42 Å². The molecule has 0 spiro atoms. The maximum Gasteiger partial charge on any atom is 0.336 e. The predicted molar refractivity (Wildman–Crippen MR) is 100 cm³/mol. The van der Waals surface area contributed by atoms with Gasteiger partial charge in [-0.1, -0.05) is 37.3 Å². The zero-order valence-electron chi connectivity index (χ0n) is 14.6. The minimum atomic E-state index is -0.395. The monoisotopic (exact) mass is 337 g/mol. The van der Waals surface area contributed by atoms with Gasteiger partial charge in [-0.25, -0.2) is 4.79 Å². The molecule has 3 rings (SSSR count). The van der Waals surface area contributed by atoms with Crippen molar-refractivity contribution in [3.05, 3.63) is 75.6 Å². The Kier molecular flexibility index (Phi) is 5.19. The van der Waals surface area contributed by atoms with Crippen molar-refractivity contribution in [1.82, 2.24) is 5.32 Å². The van der Waals surface area contributed by atoms with Crippen LogP contribution in [0.4, 0.5) is 0 Å². The first kappa shape index (κ1) is 17.2. The van der Waals surface area contributed by atoms with Crippen molar-refractivity contribution in [2.24, 2.45) is 0 Å². The van der Waals surface area contributed by atoms with Crippen LogP contribution in [0.15, 0.2) is 57.7 Å². The number of fused-ring (bicyclic) bond motifs is 1. The van der Waals surface area contributed by atoms with E-state index in [1.54, 1.807) is 19.1 Å². The van der Waals surface area contributed by atoms with Crippen molar-refractivity contribution in [1.29, 1.82) is 0 Å². The molecule has 1 atom stereocenters. The molecule has 130 valence electrons. The number of hydrogen-bond acceptors (Lipinski definition) is 4. The predicted octanol–water partition coefficient (Wildman–Crippen LogP) is 4.09. The van der Waals surface area contributed by atoms with Gasteiger partial charge in [-0.05, 0) is 42.5 Å². The Morgan fingerprint density at radius 1 is 1.16 bits per heavy atom. The molecule has 0 aliphatic carbocycles. The molecule has 1 heterocycles. The quantitative estimate of drug-likeness (QED) is 0.665. The Balaban J connectivity index is 1.79.